The molecule has 0 atom stereocenters. The summed E-state index contributed by atoms with van der Waals surface area (Å²) in [5.74, 6) is 0. The lowest BCUT2D eigenvalue weighted by molar-refractivity contribution is 0.0340. The number of morpholine rings is 1. The third kappa shape index (κ3) is 2.75. The minimum absolute atomic E-state index is 0.878. The standard InChI is InChI=1S/C10H17N3O/c1-2-4-13(11-3-1)6-5-12-7-9-14-10-8-12/h1-4,11H,5-10H2. The third-order valence-corrected chi connectivity index (χ3v) is 2.47. The van der Waals surface area contributed by atoms with E-state index in [-0.39, 0.29) is 0 Å². The van der Waals surface area contributed by atoms with Crippen LogP contribution >= 0.6 is 0 Å². The fraction of sp³-hybridized carbons (Fsp3) is 0.600. The van der Waals surface area contributed by atoms with Gasteiger partial charge in [-0.05, 0) is 12.2 Å². The molecule has 0 aliphatic carbocycles. The van der Waals surface area contributed by atoms with Crippen LogP contribution in [-0.4, -0.2) is 49.3 Å². The zero-order valence-electron chi connectivity index (χ0n) is 8.35. The number of hydrogen-bond acceptors (Lipinski definition) is 4. The fourth-order valence-electron chi connectivity index (χ4n) is 1.60. The summed E-state index contributed by atoms with van der Waals surface area (Å²) in [4.78, 5) is 2.43. The van der Waals surface area contributed by atoms with Crippen LogP contribution in [0.4, 0.5) is 0 Å². The SMILES string of the molecule is C1=CNN(CCN2CCOCC2)C=C1. The highest BCUT2D eigenvalue weighted by atomic mass is 16.5. The molecular formula is C10H17N3O. The quantitative estimate of drug-likeness (QED) is 0.694. The summed E-state index contributed by atoms with van der Waals surface area (Å²) < 4.78 is 5.30. The summed E-state index contributed by atoms with van der Waals surface area (Å²) in [5, 5.41) is 2.09. The second kappa shape index (κ2) is 5.02. The Morgan fingerprint density at radius 3 is 2.71 bits per heavy atom. The lowest BCUT2D eigenvalue weighted by atomic mass is 10.4. The van der Waals surface area contributed by atoms with E-state index in [9.17, 15) is 0 Å². The smallest absolute Gasteiger partial charge is 0.0594 e. The summed E-state index contributed by atoms with van der Waals surface area (Å²) in [5.41, 5.74) is 3.17. The Hall–Kier alpha value is -1.00. The molecule has 0 aromatic rings. The van der Waals surface area contributed by atoms with E-state index in [4.69, 9.17) is 4.74 Å². The number of ether oxygens (including phenoxy) is 1. The Bertz CT molecular complexity index is 221. The third-order valence-electron chi connectivity index (χ3n) is 2.47. The Morgan fingerprint density at radius 2 is 2.00 bits per heavy atom. The molecule has 14 heavy (non-hydrogen) atoms. The van der Waals surface area contributed by atoms with E-state index in [1.807, 2.05) is 18.4 Å². The molecule has 78 valence electrons. The summed E-state index contributed by atoms with van der Waals surface area (Å²) in [6, 6.07) is 0. The molecule has 0 unspecified atom stereocenters. The molecule has 4 heteroatoms. The largest absolute Gasteiger partial charge is 0.379 e. The number of nitrogens with zero attached hydrogens (tertiary/aromatic N) is 2. The van der Waals surface area contributed by atoms with Crippen LogP contribution in [0.1, 0.15) is 0 Å². The Morgan fingerprint density at radius 1 is 1.14 bits per heavy atom. The van der Waals surface area contributed by atoms with Crippen molar-refractivity contribution in [2.45, 2.75) is 0 Å². The number of rotatable bonds is 3. The van der Waals surface area contributed by atoms with E-state index in [0.29, 0.717) is 0 Å². The molecule has 0 aromatic heterocycles. The van der Waals surface area contributed by atoms with Crippen molar-refractivity contribution in [3.63, 3.8) is 0 Å². The lowest BCUT2D eigenvalue weighted by Gasteiger charge is -2.29. The maximum atomic E-state index is 5.30. The van der Waals surface area contributed by atoms with E-state index in [0.717, 1.165) is 39.4 Å². The first-order valence-electron chi connectivity index (χ1n) is 5.11. The van der Waals surface area contributed by atoms with Gasteiger partial charge in [0, 0.05) is 32.0 Å². The van der Waals surface area contributed by atoms with E-state index < -0.39 is 0 Å². The van der Waals surface area contributed by atoms with Crippen LogP contribution in [0.3, 0.4) is 0 Å². The molecule has 1 saturated heterocycles. The van der Waals surface area contributed by atoms with Crippen molar-refractivity contribution in [2.75, 3.05) is 39.4 Å². The summed E-state index contributed by atoms with van der Waals surface area (Å²) in [6.07, 6.45) is 8.03. The maximum Gasteiger partial charge on any atom is 0.0594 e. The highest BCUT2D eigenvalue weighted by molar-refractivity contribution is 5.04. The molecule has 2 heterocycles. The average Bonchev–Trinajstić information content (AvgIpc) is 2.29. The van der Waals surface area contributed by atoms with Crippen LogP contribution in [0.15, 0.2) is 24.6 Å². The second-order valence-electron chi connectivity index (χ2n) is 3.48. The average molecular weight is 195 g/mol. The summed E-state index contributed by atoms with van der Waals surface area (Å²) in [6.45, 7) is 5.99. The molecule has 0 aromatic carbocycles. The first-order valence-corrected chi connectivity index (χ1v) is 5.11. The molecule has 2 aliphatic heterocycles. The van der Waals surface area contributed by atoms with Gasteiger partial charge in [-0.25, -0.2) is 0 Å². The Kier molecular flexibility index (Phi) is 3.43. The normalized spacial score (nSPS) is 22.4. The summed E-state index contributed by atoms with van der Waals surface area (Å²) >= 11 is 0. The van der Waals surface area contributed by atoms with Crippen LogP contribution in [0.5, 0.6) is 0 Å². The molecular weight excluding hydrogens is 178 g/mol. The Labute approximate surface area is 84.8 Å². The number of hydrazine groups is 1. The predicted octanol–water partition coefficient (Wildman–Crippen LogP) is 0.166. The zero-order valence-corrected chi connectivity index (χ0v) is 8.35. The van der Waals surface area contributed by atoms with Crippen LogP contribution in [-0.2, 0) is 4.74 Å². The van der Waals surface area contributed by atoms with Gasteiger partial charge in [-0.1, -0.05) is 0 Å². The Balaban J connectivity index is 1.66. The predicted molar refractivity (Wildman–Crippen MR) is 55.4 cm³/mol. The van der Waals surface area contributed by atoms with Gasteiger partial charge in [0.15, 0.2) is 0 Å². The van der Waals surface area contributed by atoms with Crippen LogP contribution in [0.2, 0.25) is 0 Å². The van der Waals surface area contributed by atoms with Crippen molar-refractivity contribution >= 4 is 0 Å². The van der Waals surface area contributed by atoms with Gasteiger partial charge < -0.3 is 10.2 Å². The van der Waals surface area contributed by atoms with Crippen molar-refractivity contribution in [1.29, 1.82) is 0 Å². The van der Waals surface area contributed by atoms with Crippen molar-refractivity contribution in [3.05, 3.63) is 24.6 Å². The molecule has 1 N–H and O–H groups in total. The first-order chi connectivity index (χ1) is 6.95. The minimum Gasteiger partial charge on any atom is -0.379 e. The van der Waals surface area contributed by atoms with Gasteiger partial charge in [0.25, 0.3) is 0 Å². The van der Waals surface area contributed by atoms with Crippen LogP contribution in [0.25, 0.3) is 0 Å². The van der Waals surface area contributed by atoms with Gasteiger partial charge in [-0.2, -0.15) is 0 Å². The molecule has 4 nitrogen and oxygen atoms in total. The molecule has 0 saturated carbocycles. The molecule has 0 spiro atoms. The van der Waals surface area contributed by atoms with E-state index >= 15 is 0 Å². The molecule has 2 rings (SSSR count). The number of nitrogens with one attached hydrogen (secondary N) is 1. The fourth-order valence-corrected chi connectivity index (χ4v) is 1.60. The second-order valence-corrected chi connectivity index (χ2v) is 3.48. The topological polar surface area (TPSA) is 27.7 Å². The van der Waals surface area contributed by atoms with Gasteiger partial charge in [-0.3, -0.25) is 9.91 Å². The van der Waals surface area contributed by atoms with Gasteiger partial charge in [0.05, 0.1) is 19.8 Å². The maximum absolute atomic E-state index is 5.30. The van der Waals surface area contributed by atoms with E-state index in [1.54, 1.807) is 0 Å². The molecule has 0 bridgehead atoms. The molecule has 0 amide bonds. The van der Waals surface area contributed by atoms with Gasteiger partial charge in [0.2, 0.25) is 0 Å². The number of allylic oxidation sites excluding steroid dienone is 2. The van der Waals surface area contributed by atoms with Crippen LogP contribution in [0, 0.1) is 0 Å². The highest BCUT2D eigenvalue weighted by Gasteiger charge is 2.10. The van der Waals surface area contributed by atoms with Gasteiger partial charge in [0.1, 0.15) is 0 Å². The molecule has 2 aliphatic rings. The van der Waals surface area contributed by atoms with Crippen molar-refractivity contribution in [1.82, 2.24) is 15.3 Å². The van der Waals surface area contributed by atoms with Crippen molar-refractivity contribution in [3.8, 4) is 0 Å². The van der Waals surface area contributed by atoms with Crippen LogP contribution < -0.4 is 5.43 Å². The summed E-state index contributed by atoms with van der Waals surface area (Å²) in [7, 11) is 0. The minimum atomic E-state index is 0.878. The van der Waals surface area contributed by atoms with Gasteiger partial charge >= 0.3 is 0 Å². The lowest BCUT2D eigenvalue weighted by Crippen LogP contribution is -2.42. The zero-order chi connectivity index (χ0) is 9.64. The monoisotopic (exact) mass is 195 g/mol. The van der Waals surface area contributed by atoms with Crippen molar-refractivity contribution < 1.29 is 4.74 Å². The highest BCUT2D eigenvalue weighted by Crippen LogP contribution is 1.98. The van der Waals surface area contributed by atoms with E-state index in [2.05, 4.69) is 21.5 Å². The molecule has 1 fully saturated rings. The first kappa shape index (κ1) is 9.55. The van der Waals surface area contributed by atoms with E-state index in [1.165, 1.54) is 0 Å². The van der Waals surface area contributed by atoms with Gasteiger partial charge in [-0.15, -0.1) is 0 Å². The molecule has 0 radical (unpaired) electrons. The van der Waals surface area contributed by atoms with Crippen molar-refractivity contribution in [2.24, 2.45) is 0 Å². The number of hydrogen-bond donors (Lipinski definition) is 1.